The summed E-state index contributed by atoms with van der Waals surface area (Å²) in [7, 11) is 0. The molecular formula is C8H13ClN2O2S. The summed E-state index contributed by atoms with van der Waals surface area (Å²) < 4.78 is 4.88. The van der Waals surface area contributed by atoms with E-state index in [2.05, 4.69) is 5.43 Å². The van der Waals surface area contributed by atoms with Crippen LogP contribution >= 0.6 is 23.7 Å². The van der Waals surface area contributed by atoms with Gasteiger partial charge in [-0.25, -0.2) is 4.79 Å². The van der Waals surface area contributed by atoms with Crippen molar-refractivity contribution in [2.24, 2.45) is 5.84 Å². The van der Waals surface area contributed by atoms with Crippen molar-refractivity contribution in [2.75, 3.05) is 12.0 Å². The highest BCUT2D eigenvalue weighted by molar-refractivity contribution is 7.10. The number of aryl methyl sites for hydroxylation is 1. The number of carbonyl (C=O) groups is 1. The van der Waals surface area contributed by atoms with Crippen LogP contribution in [0.1, 0.15) is 22.2 Å². The molecule has 6 heteroatoms. The van der Waals surface area contributed by atoms with E-state index in [9.17, 15) is 4.79 Å². The quantitative estimate of drug-likeness (QED) is 0.478. The molecule has 0 unspecified atom stereocenters. The van der Waals surface area contributed by atoms with Gasteiger partial charge in [0.05, 0.1) is 17.9 Å². The van der Waals surface area contributed by atoms with Crippen LogP contribution in [0, 0.1) is 6.92 Å². The lowest BCUT2D eigenvalue weighted by molar-refractivity contribution is 0.0527. The fraction of sp³-hybridized carbons (Fsp3) is 0.375. The average molecular weight is 237 g/mol. The maximum Gasteiger partial charge on any atom is 0.341 e. The average Bonchev–Trinajstić information content (AvgIpc) is 2.47. The first-order chi connectivity index (χ1) is 6.20. The maximum absolute atomic E-state index is 11.4. The predicted octanol–water partition coefficient (Wildman–Crippen LogP) is 1.94. The molecule has 0 aliphatic rings. The van der Waals surface area contributed by atoms with Crippen molar-refractivity contribution in [2.45, 2.75) is 13.8 Å². The van der Waals surface area contributed by atoms with Crippen LogP contribution in [0.5, 0.6) is 0 Å². The first-order valence-corrected chi connectivity index (χ1v) is 4.80. The van der Waals surface area contributed by atoms with Gasteiger partial charge in [0.25, 0.3) is 0 Å². The number of halogens is 1. The molecule has 0 aliphatic carbocycles. The molecule has 0 spiro atoms. The Balaban J connectivity index is 0.00000169. The second-order valence-corrected chi connectivity index (χ2v) is 3.53. The van der Waals surface area contributed by atoms with E-state index in [0.29, 0.717) is 17.9 Å². The molecule has 0 atom stereocenters. The fourth-order valence-corrected chi connectivity index (χ4v) is 1.81. The minimum Gasteiger partial charge on any atom is -0.462 e. The summed E-state index contributed by atoms with van der Waals surface area (Å²) in [4.78, 5) is 12.3. The molecule has 0 fully saturated rings. The number of hydrazine groups is 1. The van der Waals surface area contributed by atoms with E-state index in [1.807, 2.05) is 6.92 Å². The summed E-state index contributed by atoms with van der Waals surface area (Å²) in [6.45, 7) is 4.01. The summed E-state index contributed by atoms with van der Waals surface area (Å²) in [5.74, 6) is 4.92. The van der Waals surface area contributed by atoms with E-state index < -0.39 is 0 Å². The topological polar surface area (TPSA) is 64.3 Å². The molecule has 4 nitrogen and oxygen atoms in total. The summed E-state index contributed by atoms with van der Waals surface area (Å²) in [5.41, 5.74) is 3.63. The molecule has 0 saturated carbocycles. The minimum atomic E-state index is -0.325. The Bertz CT molecular complexity index is 314. The molecule has 0 aliphatic heterocycles. The number of nitrogens with one attached hydrogen (secondary N) is 1. The van der Waals surface area contributed by atoms with Gasteiger partial charge in [0, 0.05) is 10.3 Å². The normalized spacial score (nSPS) is 9.07. The van der Waals surface area contributed by atoms with Crippen LogP contribution in [0.4, 0.5) is 5.69 Å². The Kier molecular flexibility index (Phi) is 5.52. The second kappa shape index (κ2) is 5.85. The van der Waals surface area contributed by atoms with Crippen molar-refractivity contribution in [3.05, 3.63) is 15.8 Å². The molecule has 0 bridgehead atoms. The fourth-order valence-electron chi connectivity index (χ4n) is 1.02. The number of rotatable bonds is 3. The molecule has 0 aromatic carbocycles. The summed E-state index contributed by atoms with van der Waals surface area (Å²) in [6.07, 6.45) is 0. The van der Waals surface area contributed by atoms with E-state index in [1.165, 1.54) is 11.3 Å². The summed E-state index contributed by atoms with van der Waals surface area (Å²) in [5, 5.41) is 1.79. The van der Waals surface area contributed by atoms with Crippen LogP contribution in [0.25, 0.3) is 0 Å². The molecule has 3 N–H and O–H groups in total. The second-order valence-electron chi connectivity index (χ2n) is 2.45. The van der Waals surface area contributed by atoms with Gasteiger partial charge in [-0.15, -0.1) is 23.7 Å². The number of hydrogen-bond acceptors (Lipinski definition) is 5. The van der Waals surface area contributed by atoms with Gasteiger partial charge in [-0.2, -0.15) is 0 Å². The van der Waals surface area contributed by atoms with Crippen molar-refractivity contribution < 1.29 is 9.53 Å². The number of anilines is 1. The van der Waals surface area contributed by atoms with Crippen molar-refractivity contribution in [1.29, 1.82) is 0 Å². The van der Waals surface area contributed by atoms with Gasteiger partial charge in [-0.3, -0.25) is 5.84 Å². The number of ether oxygens (including phenoxy) is 1. The van der Waals surface area contributed by atoms with Crippen molar-refractivity contribution in [3.63, 3.8) is 0 Å². The zero-order valence-corrected chi connectivity index (χ0v) is 9.63. The monoisotopic (exact) mass is 236 g/mol. The summed E-state index contributed by atoms with van der Waals surface area (Å²) in [6, 6.07) is 0. The number of carbonyl (C=O) groups excluding carboxylic acids is 1. The Hall–Kier alpha value is -0.780. The van der Waals surface area contributed by atoms with Crippen LogP contribution < -0.4 is 11.3 Å². The molecule has 0 radical (unpaired) electrons. The van der Waals surface area contributed by atoms with Crippen LogP contribution in [-0.2, 0) is 4.74 Å². The van der Waals surface area contributed by atoms with Crippen molar-refractivity contribution in [1.82, 2.24) is 0 Å². The van der Waals surface area contributed by atoms with Gasteiger partial charge in [0.2, 0.25) is 0 Å². The third-order valence-electron chi connectivity index (χ3n) is 1.61. The van der Waals surface area contributed by atoms with E-state index in [4.69, 9.17) is 10.6 Å². The third kappa shape index (κ3) is 2.60. The number of nitrogens with two attached hydrogens (primary N) is 1. The van der Waals surface area contributed by atoms with E-state index in [0.717, 1.165) is 4.88 Å². The first-order valence-electron chi connectivity index (χ1n) is 3.92. The van der Waals surface area contributed by atoms with Crippen LogP contribution in [0.2, 0.25) is 0 Å². The van der Waals surface area contributed by atoms with Crippen molar-refractivity contribution >= 4 is 35.4 Å². The van der Waals surface area contributed by atoms with Crippen LogP contribution in [0.15, 0.2) is 5.38 Å². The summed E-state index contributed by atoms with van der Waals surface area (Å²) >= 11 is 1.47. The predicted molar refractivity (Wildman–Crippen MR) is 60.1 cm³/mol. The molecule has 1 rings (SSSR count). The van der Waals surface area contributed by atoms with Gasteiger partial charge in [-0.05, 0) is 13.8 Å². The number of nitrogen functional groups attached to an aromatic ring is 1. The minimum absolute atomic E-state index is 0. The zero-order valence-electron chi connectivity index (χ0n) is 7.99. The highest BCUT2D eigenvalue weighted by Crippen LogP contribution is 2.26. The van der Waals surface area contributed by atoms with Gasteiger partial charge in [0.15, 0.2) is 0 Å². The SMILES string of the molecule is CCOC(=O)c1c(NN)csc1C.Cl. The molecule has 80 valence electrons. The van der Waals surface area contributed by atoms with E-state index in [-0.39, 0.29) is 18.4 Å². The van der Waals surface area contributed by atoms with Crippen LogP contribution in [0.3, 0.4) is 0 Å². The highest BCUT2D eigenvalue weighted by Gasteiger charge is 2.16. The van der Waals surface area contributed by atoms with E-state index in [1.54, 1.807) is 12.3 Å². The molecule has 14 heavy (non-hydrogen) atoms. The number of hydrogen-bond donors (Lipinski definition) is 2. The molecule has 0 saturated heterocycles. The van der Waals surface area contributed by atoms with Crippen LogP contribution in [-0.4, -0.2) is 12.6 Å². The highest BCUT2D eigenvalue weighted by atomic mass is 35.5. The molecule has 1 aromatic heterocycles. The zero-order chi connectivity index (χ0) is 9.84. The molecule has 1 heterocycles. The largest absolute Gasteiger partial charge is 0.462 e. The standard InChI is InChI=1S/C8H12N2O2S.ClH/c1-3-12-8(11)7-5(2)13-4-6(7)10-9;/h4,10H,3,9H2,1-2H3;1H. The number of esters is 1. The number of thiophene rings is 1. The lowest BCUT2D eigenvalue weighted by Crippen LogP contribution is -2.12. The third-order valence-corrected chi connectivity index (χ3v) is 2.52. The van der Waals surface area contributed by atoms with E-state index >= 15 is 0 Å². The van der Waals surface area contributed by atoms with Crippen molar-refractivity contribution in [3.8, 4) is 0 Å². The molecule has 0 amide bonds. The first kappa shape index (κ1) is 13.2. The Morgan fingerprint density at radius 3 is 2.86 bits per heavy atom. The lowest BCUT2D eigenvalue weighted by Gasteiger charge is -2.03. The Labute approximate surface area is 92.8 Å². The van der Waals surface area contributed by atoms with Gasteiger partial charge in [0.1, 0.15) is 0 Å². The smallest absolute Gasteiger partial charge is 0.341 e. The lowest BCUT2D eigenvalue weighted by atomic mass is 10.2. The molecule has 1 aromatic rings. The Morgan fingerprint density at radius 1 is 1.71 bits per heavy atom. The van der Waals surface area contributed by atoms with Gasteiger partial charge >= 0.3 is 5.97 Å². The Morgan fingerprint density at radius 2 is 2.36 bits per heavy atom. The molecular weight excluding hydrogens is 224 g/mol. The van der Waals surface area contributed by atoms with Gasteiger partial charge < -0.3 is 10.2 Å². The maximum atomic E-state index is 11.4. The van der Waals surface area contributed by atoms with Gasteiger partial charge in [-0.1, -0.05) is 0 Å².